The third kappa shape index (κ3) is 3.74. The second-order valence-electron chi connectivity index (χ2n) is 7.21. The topological polar surface area (TPSA) is 69.7 Å². The van der Waals surface area contributed by atoms with Gasteiger partial charge in [-0.05, 0) is 40.7 Å². The molecule has 1 heterocycles. The van der Waals surface area contributed by atoms with Crippen LogP contribution in [0.1, 0.15) is 33.6 Å². The molecule has 3 amide bonds. The summed E-state index contributed by atoms with van der Waals surface area (Å²) >= 11 is 0. The van der Waals surface area contributed by atoms with Gasteiger partial charge in [-0.15, -0.1) is 0 Å². The molecule has 6 heteroatoms. The van der Waals surface area contributed by atoms with Gasteiger partial charge < -0.3 is 5.32 Å². The van der Waals surface area contributed by atoms with Gasteiger partial charge in [0.1, 0.15) is 0 Å². The molecule has 0 aromatic carbocycles. The molecule has 0 radical (unpaired) electrons. The van der Waals surface area contributed by atoms with Crippen LogP contribution in [-0.2, 0) is 14.4 Å². The van der Waals surface area contributed by atoms with Gasteiger partial charge in [0.15, 0.2) is 0 Å². The molecule has 2 rings (SSSR count). The maximum Gasteiger partial charge on any atom is 0.234 e. The number of hydrogen-bond donors (Lipinski definition) is 1. The van der Waals surface area contributed by atoms with Crippen LogP contribution in [0.15, 0.2) is 12.2 Å². The molecule has 1 N–H and O–H groups in total. The van der Waals surface area contributed by atoms with Crippen molar-refractivity contribution in [2.75, 3.05) is 20.3 Å². The summed E-state index contributed by atoms with van der Waals surface area (Å²) in [5.41, 5.74) is -0.294. The van der Waals surface area contributed by atoms with Crippen molar-refractivity contribution in [2.45, 2.75) is 39.2 Å². The summed E-state index contributed by atoms with van der Waals surface area (Å²) in [5.74, 6) is -0.762. The van der Waals surface area contributed by atoms with E-state index in [4.69, 9.17) is 0 Å². The van der Waals surface area contributed by atoms with Gasteiger partial charge in [0.25, 0.3) is 0 Å². The summed E-state index contributed by atoms with van der Waals surface area (Å²) in [6, 6.07) is 0. The van der Waals surface area contributed by atoms with Crippen LogP contribution in [0.2, 0.25) is 0 Å². The quantitative estimate of drug-likeness (QED) is 0.614. The van der Waals surface area contributed by atoms with E-state index in [0.717, 1.165) is 0 Å². The van der Waals surface area contributed by atoms with Crippen molar-refractivity contribution in [3.63, 3.8) is 0 Å². The Hall–Kier alpha value is -1.69. The van der Waals surface area contributed by atoms with Gasteiger partial charge in [-0.2, -0.15) is 0 Å². The van der Waals surface area contributed by atoms with E-state index >= 15 is 0 Å². The molecule has 0 saturated carbocycles. The monoisotopic (exact) mass is 307 g/mol. The number of nitrogens with one attached hydrogen (secondary N) is 1. The molecule has 122 valence electrons. The van der Waals surface area contributed by atoms with Gasteiger partial charge in [-0.1, -0.05) is 12.2 Å². The highest BCUT2D eigenvalue weighted by Gasteiger charge is 2.47. The first kappa shape index (κ1) is 16.7. The van der Waals surface area contributed by atoms with Crippen LogP contribution in [0.3, 0.4) is 0 Å². The number of likely N-dealkylation sites (tertiary alicyclic amines) is 1. The lowest BCUT2D eigenvalue weighted by Gasteiger charge is -2.25. The molecule has 0 spiro atoms. The van der Waals surface area contributed by atoms with E-state index in [9.17, 15) is 14.4 Å². The molecule has 2 aliphatic rings. The van der Waals surface area contributed by atoms with Crippen molar-refractivity contribution in [2.24, 2.45) is 11.8 Å². The number of carbonyl (C=O) groups excluding carboxylic acids is 3. The van der Waals surface area contributed by atoms with E-state index in [0.29, 0.717) is 12.8 Å². The van der Waals surface area contributed by atoms with Crippen molar-refractivity contribution >= 4 is 17.7 Å². The molecule has 1 fully saturated rings. The number of imide groups is 1. The number of hydrogen-bond acceptors (Lipinski definition) is 4. The largest absolute Gasteiger partial charge is 0.350 e. The fraction of sp³-hybridized carbons (Fsp3) is 0.688. The Kier molecular flexibility index (Phi) is 4.70. The fourth-order valence-corrected chi connectivity index (χ4v) is 3.00. The summed E-state index contributed by atoms with van der Waals surface area (Å²) in [4.78, 5) is 39.6. The Morgan fingerprint density at radius 2 is 1.73 bits per heavy atom. The highest BCUT2D eigenvalue weighted by atomic mass is 16.2. The molecular weight excluding hydrogens is 282 g/mol. The second kappa shape index (κ2) is 6.20. The first-order valence-corrected chi connectivity index (χ1v) is 7.69. The molecule has 1 aliphatic heterocycles. The van der Waals surface area contributed by atoms with E-state index in [1.807, 2.05) is 32.9 Å². The van der Waals surface area contributed by atoms with Crippen LogP contribution < -0.4 is 5.32 Å². The third-order valence-corrected chi connectivity index (χ3v) is 3.91. The Morgan fingerprint density at radius 3 is 2.18 bits per heavy atom. The van der Waals surface area contributed by atoms with Crippen LogP contribution in [0, 0.1) is 11.8 Å². The van der Waals surface area contributed by atoms with Crippen LogP contribution >= 0.6 is 0 Å². The number of nitrogens with zero attached hydrogens (tertiary/aromatic N) is 2. The first-order valence-electron chi connectivity index (χ1n) is 7.69. The number of allylic oxidation sites excluding steroid dienone is 2. The Morgan fingerprint density at radius 1 is 1.23 bits per heavy atom. The average molecular weight is 307 g/mol. The average Bonchev–Trinajstić information content (AvgIpc) is 2.62. The summed E-state index contributed by atoms with van der Waals surface area (Å²) in [6.45, 7) is 6.06. The normalized spacial score (nSPS) is 24.9. The summed E-state index contributed by atoms with van der Waals surface area (Å²) in [7, 11) is 1.74. The van der Waals surface area contributed by atoms with E-state index in [1.54, 1.807) is 11.9 Å². The van der Waals surface area contributed by atoms with Gasteiger partial charge in [0.2, 0.25) is 17.7 Å². The van der Waals surface area contributed by atoms with Gasteiger partial charge in [0.05, 0.1) is 25.0 Å². The lowest BCUT2D eigenvalue weighted by atomic mass is 9.85. The molecule has 1 aliphatic carbocycles. The van der Waals surface area contributed by atoms with E-state index in [-0.39, 0.29) is 48.3 Å². The lowest BCUT2D eigenvalue weighted by molar-refractivity contribution is -0.143. The minimum atomic E-state index is -0.294. The van der Waals surface area contributed by atoms with Crippen molar-refractivity contribution in [3.8, 4) is 0 Å². The van der Waals surface area contributed by atoms with Gasteiger partial charge >= 0.3 is 0 Å². The number of fused-ring (bicyclic) bond motifs is 1. The molecule has 1 saturated heterocycles. The van der Waals surface area contributed by atoms with Gasteiger partial charge in [-0.3, -0.25) is 24.2 Å². The summed E-state index contributed by atoms with van der Waals surface area (Å²) < 4.78 is 0. The van der Waals surface area contributed by atoms with Crippen LogP contribution in [0.25, 0.3) is 0 Å². The zero-order valence-corrected chi connectivity index (χ0v) is 13.8. The van der Waals surface area contributed by atoms with Gasteiger partial charge in [-0.25, -0.2) is 0 Å². The minimum Gasteiger partial charge on any atom is -0.350 e. The molecule has 0 aromatic rings. The second-order valence-corrected chi connectivity index (χ2v) is 7.21. The molecular formula is C16H25N3O3. The smallest absolute Gasteiger partial charge is 0.234 e. The number of likely N-dealkylation sites (N-methyl/N-ethyl adjacent to an activating group) is 1. The van der Waals surface area contributed by atoms with Crippen molar-refractivity contribution in [1.82, 2.24) is 15.1 Å². The maximum atomic E-state index is 12.3. The summed E-state index contributed by atoms with van der Waals surface area (Å²) in [6.07, 6.45) is 5.21. The minimum absolute atomic E-state index is 0.109. The third-order valence-electron chi connectivity index (χ3n) is 3.91. The molecule has 22 heavy (non-hydrogen) atoms. The van der Waals surface area contributed by atoms with Gasteiger partial charge in [0, 0.05) is 5.54 Å². The lowest BCUT2D eigenvalue weighted by Crippen LogP contribution is -2.48. The Labute approximate surface area is 131 Å². The zero-order valence-electron chi connectivity index (χ0n) is 13.8. The predicted molar refractivity (Wildman–Crippen MR) is 82.6 cm³/mol. The molecule has 0 aromatic heterocycles. The van der Waals surface area contributed by atoms with Crippen molar-refractivity contribution in [3.05, 3.63) is 12.2 Å². The predicted octanol–water partition coefficient (Wildman–Crippen LogP) is 0.742. The molecule has 2 atom stereocenters. The summed E-state index contributed by atoms with van der Waals surface area (Å²) in [5, 5.41) is 2.87. The van der Waals surface area contributed by atoms with Crippen LogP contribution in [0.4, 0.5) is 0 Å². The van der Waals surface area contributed by atoms with Crippen molar-refractivity contribution < 1.29 is 14.4 Å². The van der Waals surface area contributed by atoms with E-state index in [2.05, 4.69) is 5.32 Å². The highest BCUT2D eigenvalue weighted by Crippen LogP contribution is 2.34. The van der Waals surface area contributed by atoms with Crippen LogP contribution in [0.5, 0.6) is 0 Å². The Bertz CT molecular complexity index is 481. The Balaban J connectivity index is 1.92. The number of rotatable bonds is 4. The standard InChI is InChI=1S/C16H25N3O3/c1-16(2,3)17-13(20)9-18(4)10-19-14(21)11-7-5-6-8-12(11)15(19)22/h5-6,11-12H,7-10H2,1-4H3,(H,17,20). The fourth-order valence-electron chi connectivity index (χ4n) is 3.00. The van der Waals surface area contributed by atoms with E-state index < -0.39 is 0 Å². The number of amides is 3. The maximum absolute atomic E-state index is 12.3. The highest BCUT2D eigenvalue weighted by molar-refractivity contribution is 6.05. The van der Waals surface area contributed by atoms with E-state index in [1.165, 1.54) is 4.90 Å². The molecule has 0 bridgehead atoms. The zero-order chi connectivity index (χ0) is 16.5. The van der Waals surface area contributed by atoms with Crippen LogP contribution in [-0.4, -0.2) is 53.3 Å². The number of carbonyl (C=O) groups is 3. The first-order chi connectivity index (χ1) is 10.2. The molecule has 2 unspecified atom stereocenters. The van der Waals surface area contributed by atoms with Crippen molar-refractivity contribution in [1.29, 1.82) is 0 Å². The molecule has 6 nitrogen and oxygen atoms in total. The SMILES string of the molecule is CN(CC(=O)NC(C)(C)C)CN1C(=O)C2CC=CCC2C1=O.